The van der Waals surface area contributed by atoms with Crippen LogP contribution in [0.1, 0.15) is 18.1 Å². The zero-order chi connectivity index (χ0) is 13.0. The van der Waals surface area contributed by atoms with Gasteiger partial charge < -0.3 is 14.6 Å². The third kappa shape index (κ3) is 2.90. The predicted octanol–water partition coefficient (Wildman–Crippen LogP) is 2.28. The third-order valence-electron chi connectivity index (χ3n) is 2.85. The molecule has 1 unspecified atom stereocenters. The first-order valence-electron chi connectivity index (χ1n) is 5.44. The molecule has 0 aliphatic rings. The minimum atomic E-state index is -0.792. The van der Waals surface area contributed by atoms with Crippen LogP contribution >= 0.6 is 0 Å². The van der Waals surface area contributed by atoms with Crippen molar-refractivity contribution < 1.29 is 19.4 Å². The number of carboxylic acids is 1. The monoisotopic (exact) mass is 238 g/mol. The lowest BCUT2D eigenvalue weighted by Crippen LogP contribution is -2.13. The second kappa shape index (κ2) is 5.57. The van der Waals surface area contributed by atoms with Gasteiger partial charge in [0.25, 0.3) is 0 Å². The number of hydrogen-bond acceptors (Lipinski definition) is 3. The summed E-state index contributed by atoms with van der Waals surface area (Å²) >= 11 is 0. The number of hydrogen-bond donors (Lipinski definition) is 1. The van der Waals surface area contributed by atoms with E-state index in [1.54, 1.807) is 27.2 Å². The van der Waals surface area contributed by atoms with Gasteiger partial charge >= 0.3 is 5.97 Å². The van der Waals surface area contributed by atoms with E-state index in [1.807, 2.05) is 13.0 Å². The van der Waals surface area contributed by atoms with Crippen molar-refractivity contribution in [3.8, 4) is 11.5 Å². The van der Waals surface area contributed by atoms with Crippen molar-refractivity contribution in [1.82, 2.24) is 0 Å². The molecule has 1 atom stereocenters. The van der Waals surface area contributed by atoms with Gasteiger partial charge in [-0.15, -0.1) is 0 Å². The zero-order valence-corrected chi connectivity index (χ0v) is 10.6. The van der Waals surface area contributed by atoms with Crippen LogP contribution in [0.2, 0.25) is 0 Å². The Kier molecular flexibility index (Phi) is 4.37. The summed E-state index contributed by atoms with van der Waals surface area (Å²) in [5.41, 5.74) is 1.90. The van der Waals surface area contributed by atoms with Crippen LogP contribution in [-0.4, -0.2) is 25.3 Å². The molecule has 0 aliphatic carbocycles. The molecule has 17 heavy (non-hydrogen) atoms. The number of carboxylic acid groups (broad SMARTS) is 1. The molecule has 1 aromatic carbocycles. The molecule has 94 valence electrons. The van der Waals surface area contributed by atoms with Gasteiger partial charge in [0.05, 0.1) is 20.1 Å². The highest BCUT2D eigenvalue weighted by molar-refractivity contribution is 5.70. The van der Waals surface area contributed by atoms with Crippen LogP contribution < -0.4 is 9.47 Å². The van der Waals surface area contributed by atoms with E-state index in [1.165, 1.54) is 0 Å². The first-order chi connectivity index (χ1) is 8.01. The Morgan fingerprint density at radius 1 is 1.35 bits per heavy atom. The summed E-state index contributed by atoms with van der Waals surface area (Å²) in [5.74, 6) is 0.130. The lowest BCUT2D eigenvalue weighted by Gasteiger charge is -2.15. The molecule has 0 aliphatic heterocycles. The summed E-state index contributed by atoms with van der Waals surface area (Å²) in [4.78, 5) is 10.8. The van der Waals surface area contributed by atoms with Crippen LogP contribution in [0, 0.1) is 12.8 Å². The van der Waals surface area contributed by atoms with Crippen LogP contribution in [0.5, 0.6) is 11.5 Å². The number of methoxy groups -OCH3 is 2. The topological polar surface area (TPSA) is 55.8 Å². The summed E-state index contributed by atoms with van der Waals surface area (Å²) in [6.45, 7) is 3.60. The Balaban J connectivity index is 3.06. The van der Waals surface area contributed by atoms with Gasteiger partial charge in [0, 0.05) is 0 Å². The van der Waals surface area contributed by atoms with E-state index in [2.05, 4.69) is 0 Å². The largest absolute Gasteiger partial charge is 0.493 e. The van der Waals surface area contributed by atoms with Crippen molar-refractivity contribution in [2.75, 3.05) is 14.2 Å². The molecule has 4 heteroatoms. The SMILES string of the molecule is COc1ccc(CC(C)C(=O)O)c(C)c1OC. The van der Waals surface area contributed by atoms with E-state index < -0.39 is 11.9 Å². The first-order valence-corrected chi connectivity index (χ1v) is 5.44. The van der Waals surface area contributed by atoms with E-state index in [9.17, 15) is 4.79 Å². The van der Waals surface area contributed by atoms with Gasteiger partial charge in [-0.2, -0.15) is 0 Å². The molecule has 0 bridgehead atoms. The molecule has 1 N–H and O–H groups in total. The van der Waals surface area contributed by atoms with E-state index in [0.29, 0.717) is 17.9 Å². The third-order valence-corrected chi connectivity index (χ3v) is 2.85. The molecular formula is C13H18O4. The Hall–Kier alpha value is -1.71. The van der Waals surface area contributed by atoms with Gasteiger partial charge in [-0.05, 0) is 30.5 Å². The summed E-state index contributed by atoms with van der Waals surface area (Å²) < 4.78 is 10.5. The lowest BCUT2D eigenvalue weighted by molar-refractivity contribution is -0.141. The maximum absolute atomic E-state index is 10.8. The summed E-state index contributed by atoms with van der Waals surface area (Å²) in [6, 6.07) is 3.69. The highest BCUT2D eigenvalue weighted by Crippen LogP contribution is 2.33. The van der Waals surface area contributed by atoms with Gasteiger partial charge in [0.2, 0.25) is 0 Å². The van der Waals surface area contributed by atoms with Gasteiger partial charge in [-0.3, -0.25) is 4.79 Å². The molecule has 0 spiro atoms. The fourth-order valence-electron chi connectivity index (χ4n) is 1.76. The van der Waals surface area contributed by atoms with Gasteiger partial charge in [-0.1, -0.05) is 13.0 Å². The number of benzene rings is 1. The molecule has 0 heterocycles. The predicted molar refractivity (Wildman–Crippen MR) is 64.8 cm³/mol. The molecule has 0 saturated heterocycles. The average molecular weight is 238 g/mol. The Morgan fingerprint density at radius 3 is 2.47 bits per heavy atom. The number of aliphatic carboxylic acids is 1. The van der Waals surface area contributed by atoms with Crippen LogP contribution in [0.4, 0.5) is 0 Å². The fraction of sp³-hybridized carbons (Fsp3) is 0.462. The van der Waals surface area contributed by atoms with E-state index in [0.717, 1.165) is 11.1 Å². The maximum atomic E-state index is 10.8. The second-order valence-corrected chi connectivity index (χ2v) is 4.03. The van der Waals surface area contributed by atoms with Crippen molar-refractivity contribution in [2.45, 2.75) is 20.3 Å². The van der Waals surface area contributed by atoms with Crippen molar-refractivity contribution in [2.24, 2.45) is 5.92 Å². The molecule has 0 fully saturated rings. The highest BCUT2D eigenvalue weighted by atomic mass is 16.5. The minimum absolute atomic E-state index is 0.410. The van der Waals surface area contributed by atoms with E-state index in [-0.39, 0.29) is 0 Å². The molecule has 1 aromatic rings. The summed E-state index contributed by atoms with van der Waals surface area (Å²) in [5, 5.41) is 8.91. The van der Waals surface area contributed by atoms with Crippen molar-refractivity contribution in [3.05, 3.63) is 23.3 Å². The van der Waals surface area contributed by atoms with Crippen molar-refractivity contribution in [3.63, 3.8) is 0 Å². The number of carbonyl (C=O) groups is 1. The van der Waals surface area contributed by atoms with E-state index >= 15 is 0 Å². The first kappa shape index (κ1) is 13.4. The minimum Gasteiger partial charge on any atom is -0.493 e. The van der Waals surface area contributed by atoms with Crippen molar-refractivity contribution in [1.29, 1.82) is 0 Å². The quantitative estimate of drug-likeness (QED) is 0.855. The Bertz CT molecular complexity index is 412. The molecule has 1 rings (SSSR count). The summed E-state index contributed by atoms with van der Waals surface area (Å²) in [7, 11) is 3.16. The summed E-state index contributed by atoms with van der Waals surface area (Å²) in [6.07, 6.45) is 0.488. The fourth-order valence-corrected chi connectivity index (χ4v) is 1.76. The Morgan fingerprint density at radius 2 is 2.00 bits per heavy atom. The normalized spacial score (nSPS) is 12.0. The average Bonchev–Trinajstić information content (AvgIpc) is 2.31. The zero-order valence-electron chi connectivity index (χ0n) is 10.6. The molecule has 0 saturated carbocycles. The second-order valence-electron chi connectivity index (χ2n) is 4.03. The number of rotatable bonds is 5. The number of ether oxygens (including phenoxy) is 2. The molecule has 0 radical (unpaired) electrons. The van der Waals surface area contributed by atoms with Crippen LogP contribution in [-0.2, 0) is 11.2 Å². The van der Waals surface area contributed by atoms with Crippen LogP contribution in [0.15, 0.2) is 12.1 Å². The van der Waals surface area contributed by atoms with Gasteiger partial charge in [0.15, 0.2) is 11.5 Å². The molecule has 0 aromatic heterocycles. The van der Waals surface area contributed by atoms with Crippen molar-refractivity contribution >= 4 is 5.97 Å². The van der Waals surface area contributed by atoms with Crippen LogP contribution in [0.3, 0.4) is 0 Å². The smallest absolute Gasteiger partial charge is 0.306 e. The van der Waals surface area contributed by atoms with Gasteiger partial charge in [0.1, 0.15) is 0 Å². The van der Waals surface area contributed by atoms with Crippen LogP contribution in [0.25, 0.3) is 0 Å². The molecule has 4 nitrogen and oxygen atoms in total. The Labute approximate surface area is 101 Å². The van der Waals surface area contributed by atoms with E-state index in [4.69, 9.17) is 14.6 Å². The molecular weight excluding hydrogens is 220 g/mol. The highest BCUT2D eigenvalue weighted by Gasteiger charge is 2.16. The lowest BCUT2D eigenvalue weighted by atomic mass is 9.96. The van der Waals surface area contributed by atoms with Gasteiger partial charge in [-0.25, -0.2) is 0 Å². The standard InChI is InChI=1S/C13H18O4/c1-8(13(14)15)7-10-5-6-11(16-3)12(17-4)9(10)2/h5-6,8H,7H2,1-4H3,(H,14,15). The maximum Gasteiger partial charge on any atom is 0.306 e. The molecule has 0 amide bonds.